The van der Waals surface area contributed by atoms with E-state index in [-0.39, 0.29) is 0 Å². The minimum atomic E-state index is -2.52. The van der Waals surface area contributed by atoms with Crippen molar-refractivity contribution in [1.82, 2.24) is 0 Å². The van der Waals surface area contributed by atoms with Gasteiger partial charge in [-0.2, -0.15) is 0 Å². The van der Waals surface area contributed by atoms with Gasteiger partial charge in [-0.05, 0) is 56.1 Å². The van der Waals surface area contributed by atoms with Crippen molar-refractivity contribution in [3.8, 4) is 5.75 Å². The van der Waals surface area contributed by atoms with Gasteiger partial charge in [0.05, 0.1) is 11.2 Å². The van der Waals surface area contributed by atoms with Gasteiger partial charge in [0.2, 0.25) is 0 Å². The summed E-state index contributed by atoms with van der Waals surface area (Å²) in [5.74, 6) is 0.388. The standard InChI is InChI=1S/C18H21BF2O3/c1-17(2)18(3,4)24-19(23-17)15-10-13(22-11-16(20)21)9-12-7-5-6-8-14(12)15/h5-10,16H,11H2,1-4H3. The Morgan fingerprint density at radius 2 is 1.67 bits per heavy atom. The van der Waals surface area contributed by atoms with Gasteiger partial charge < -0.3 is 14.0 Å². The minimum absolute atomic E-state index is 0.388. The van der Waals surface area contributed by atoms with Crippen LogP contribution in [0.25, 0.3) is 10.8 Å². The fraction of sp³-hybridized carbons (Fsp3) is 0.444. The first kappa shape index (κ1) is 17.2. The maximum atomic E-state index is 12.5. The molecule has 1 saturated heterocycles. The van der Waals surface area contributed by atoms with Crippen LogP contribution < -0.4 is 10.2 Å². The van der Waals surface area contributed by atoms with Gasteiger partial charge in [0, 0.05) is 0 Å². The molecule has 1 fully saturated rings. The Morgan fingerprint density at radius 1 is 1.04 bits per heavy atom. The lowest BCUT2D eigenvalue weighted by atomic mass is 9.76. The molecule has 0 bridgehead atoms. The zero-order valence-electron chi connectivity index (χ0n) is 14.3. The van der Waals surface area contributed by atoms with Crippen molar-refractivity contribution in [2.45, 2.75) is 45.3 Å². The Kier molecular flexibility index (Phi) is 4.30. The fourth-order valence-corrected chi connectivity index (χ4v) is 2.72. The van der Waals surface area contributed by atoms with Crippen molar-refractivity contribution in [2.75, 3.05) is 6.61 Å². The quantitative estimate of drug-likeness (QED) is 0.797. The predicted molar refractivity (Wildman–Crippen MR) is 91.2 cm³/mol. The van der Waals surface area contributed by atoms with Gasteiger partial charge >= 0.3 is 7.12 Å². The van der Waals surface area contributed by atoms with Gasteiger partial charge in [0.15, 0.2) is 0 Å². The van der Waals surface area contributed by atoms with Gasteiger partial charge in [-0.1, -0.05) is 24.3 Å². The average molecular weight is 334 g/mol. The molecular formula is C18H21BF2O3. The third-order valence-electron chi connectivity index (χ3n) is 4.75. The molecule has 0 aliphatic carbocycles. The first-order chi connectivity index (χ1) is 11.2. The number of fused-ring (bicyclic) bond motifs is 1. The van der Waals surface area contributed by atoms with E-state index in [1.807, 2.05) is 52.0 Å². The average Bonchev–Trinajstić information content (AvgIpc) is 2.72. The van der Waals surface area contributed by atoms with E-state index in [1.54, 1.807) is 12.1 Å². The zero-order chi connectivity index (χ0) is 17.5. The molecule has 0 atom stereocenters. The first-order valence-electron chi connectivity index (χ1n) is 7.99. The summed E-state index contributed by atoms with van der Waals surface area (Å²) in [6.07, 6.45) is -2.52. The Bertz CT molecular complexity index is 730. The molecule has 2 aromatic carbocycles. The van der Waals surface area contributed by atoms with Crippen LogP contribution in [0.3, 0.4) is 0 Å². The summed E-state index contributed by atoms with van der Waals surface area (Å²) in [6.45, 7) is 7.28. The van der Waals surface area contributed by atoms with E-state index >= 15 is 0 Å². The molecule has 3 nitrogen and oxygen atoms in total. The number of ether oxygens (including phenoxy) is 1. The van der Waals surface area contributed by atoms with Crippen LogP contribution in [0, 0.1) is 0 Å². The van der Waals surface area contributed by atoms with Crippen molar-refractivity contribution < 1.29 is 22.8 Å². The van der Waals surface area contributed by atoms with E-state index in [0.717, 1.165) is 16.2 Å². The second-order valence-corrected chi connectivity index (χ2v) is 7.02. The van der Waals surface area contributed by atoms with Crippen molar-refractivity contribution in [1.29, 1.82) is 0 Å². The van der Waals surface area contributed by atoms with E-state index in [4.69, 9.17) is 14.0 Å². The lowest BCUT2D eigenvalue weighted by molar-refractivity contribution is 0.00578. The molecule has 0 amide bonds. The van der Waals surface area contributed by atoms with Crippen LogP contribution >= 0.6 is 0 Å². The van der Waals surface area contributed by atoms with Crippen LogP contribution in [0.15, 0.2) is 36.4 Å². The summed E-state index contributed by atoms with van der Waals surface area (Å²) in [5, 5.41) is 1.86. The highest BCUT2D eigenvalue weighted by Gasteiger charge is 2.52. The van der Waals surface area contributed by atoms with Crippen molar-refractivity contribution in [3.63, 3.8) is 0 Å². The highest BCUT2D eigenvalue weighted by Crippen LogP contribution is 2.37. The normalized spacial score (nSPS) is 19.2. The van der Waals surface area contributed by atoms with Gasteiger partial charge in [0.1, 0.15) is 12.4 Å². The van der Waals surface area contributed by atoms with Crippen LogP contribution in [0.1, 0.15) is 27.7 Å². The molecule has 0 N–H and O–H groups in total. The summed E-state index contributed by atoms with van der Waals surface area (Å²) in [4.78, 5) is 0. The van der Waals surface area contributed by atoms with Crippen molar-refractivity contribution in [2.24, 2.45) is 0 Å². The maximum absolute atomic E-state index is 12.5. The Balaban J connectivity index is 2.03. The molecule has 6 heteroatoms. The Labute approximate surface area is 141 Å². The molecule has 2 aromatic rings. The van der Waals surface area contributed by atoms with E-state index < -0.39 is 31.4 Å². The third-order valence-corrected chi connectivity index (χ3v) is 4.75. The number of rotatable bonds is 4. The van der Waals surface area contributed by atoms with Crippen molar-refractivity contribution in [3.05, 3.63) is 36.4 Å². The molecule has 1 heterocycles. The predicted octanol–water partition coefficient (Wildman–Crippen LogP) is 3.78. The van der Waals surface area contributed by atoms with Crippen LogP contribution in [0.2, 0.25) is 0 Å². The molecular weight excluding hydrogens is 313 g/mol. The van der Waals surface area contributed by atoms with E-state index in [2.05, 4.69) is 0 Å². The summed E-state index contributed by atoms with van der Waals surface area (Å²) in [5.41, 5.74) is -0.159. The topological polar surface area (TPSA) is 27.7 Å². The van der Waals surface area contributed by atoms with Crippen LogP contribution in [-0.4, -0.2) is 31.4 Å². The van der Waals surface area contributed by atoms with Gasteiger partial charge in [-0.15, -0.1) is 0 Å². The maximum Gasteiger partial charge on any atom is 0.495 e. The summed E-state index contributed by atoms with van der Waals surface area (Å²) in [6, 6.07) is 11.2. The van der Waals surface area contributed by atoms with Crippen LogP contribution in [-0.2, 0) is 9.31 Å². The van der Waals surface area contributed by atoms with Gasteiger partial charge in [-0.25, -0.2) is 8.78 Å². The van der Waals surface area contributed by atoms with E-state index in [9.17, 15) is 8.78 Å². The number of hydrogen-bond acceptors (Lipinski definition) is 3. The van der Waals surface area contributed by atoms with Gasteiger partial charge in [-0.3, -0.25) is 0 Å². The lowest BCUT2D eigenvalue weighted by Crippen LogP contribution is -2.41. The second-order valence-electron chi connectivity index (χ2n) is 7.02. The van der Waals surface area contributed by atoms with Gasteiger partial charge in [0.25, 0.3) is 6.43 Å². The number of halogens is 2. The van der Waals surface area contributed by atoms with Crippen molar-refractivity contribution >= 4 is 23.4 Å². The molecule has 0 aromatic heterocycles. The number of alkyl halides is 2. The molecule has 1 aliphatic heterocycles. The molecule has 128 valence electrons. The van der Waals surface area contributed by atoms with Crippen LogP contribution in [0.5, 0.6) is 5.75 Å². The molecule has 3 rings (SSSR count). The fourth-order valence-electron chi connectivity index (χ4n) is 2.72. The lowest BCUT2D eigenvalue weighted by Gasteiger charge is -2.32. The summed E-state index contributed by atoms with van der Waals surface area (Å²) >= 11 is 0. The molecule has 0 unspecified atom stereocenters. The monoisotopic (exact) mass is 334 g/mol. The Morgan fingerprint density at radius 3 is 2.29 bits per heavy atom. The minimum Gasteiger partial charge on any atom is -0.488 e. The number of hydrogen-bond donors (Lipinski definition) is 0. The Hall–Kier alpha value is -1.66. The summed E-state index contributed by atoms with van der Waals surface area (Å²) < 4.78 is 42.4. The zero-order valence-corrected chi connectivity index (χ0v) is 14.3. The molecule has 24 heavy (non-hydrogen) atoms. The van der Waals surface area contributed by atoms with E-state index in [1.165, 1.54) is 0 Å². The summed E-state index contributed by atoms with van der Waals surface area (Å²) in [7, 11) is -0.574. The highest BCUT2D eigenvalue weighted by atomic mass is 19.3. The first-order valence-corrected chi connectivity index (χ1v) is 7.99. The molecule has 0 spiro atoms. The smallest absolute Gasteiger partial charge is 0.488 e. The van der Waals surface area contributed by atoms with E-state index in [0.29, 0.717) is 5.75 Å². The number of benzene rings is 2. The molecule has 0 radical (unpaired) electrons. The second kappa shape index (κ2) is 6.01. The molecule has 1 aliphatic rings. The highest BCUT2D eigenvalue weighted by molar-refractivity contribution is 6.65. The third kappa shape index (κ3) is 3.13. The largest absolute Gasteiger partial charge is 0.495 e. The molecule has 0 saturated carbocycles. The van der Waals surface area contributed by atoms with Crippen LogP contribution in [0.4, 0.5) is 8.78 Å². The SMILES string of the molecule is CC1(C)OB(c2cc(OCC(F)F)cc3ccccc23)OC1(C)C.